The molecular formula is C12H23N. The monoisotopic (exact) mass is 181 g/mol. The summed E-state index contributed by atoms with van der Waals surface area (Å²) in [5.41, 5.74) is 0.769. The summed E-state index contributed by atoms with van der Waals surface area (Å²) in [6.07, 6.45) is 7.34. The van der Waals surface area contributed by atoms with Gasteiger partial charge >= 0.3 is 0 Å². The zero-order valence-corrected chi connectivity index (χ0v) is 9.34. The molecule has 0 bridgehead atoms. The lowest BCUT2D eigenvalue weighted by Gasteiger charge is -2.38. The zero-order chi connectivity index (χ0) is 9.47. The minimum absolute atomic E-state index is 0.755. The maximum atomic E-state index is 2.74. The highest BCUT2D eigenvalue weighted by atomic mass is 15.2. The molecule has 2 aliphatic rings. The Morgan fingerprint density at radius 1 is 1.38 bits per heavy atom. The Balaban J connectivity index is 2.03. The van der Waals surface area contributed by atoms with Gasteiger partial charge in [0.25, 0.3) is 0 Å². The van der Waals surface area contributed by atoms with E-state index in [1.807, 2.05) is 0 Å². The summed E-state index contributed by atoms with van der Waals surface area (Å²) >= 11 is 0. The van der Waals surface area contributed by atoms with E-state index in [1.54, 1.807) is 0 Å². The summed E-state index contributed by atoms with van der Waals surface area (Å²) in [6.45, 7) is 8.43. The summed E-state index contributed by atoms with van der Waals surface area (Å²) in [5.74, 6) is 0. The van der Waals surface area contributed by atoms with Gasteiger partial charge in [-0.3, -0.25) is 4.90 Å². The van der Waals surface area contributed by atoms with Crippen molar-refractivity contribution in [3.63, 3.8) is 0 Å². The van der Waals surface area contributed by atoms with Gasteiger partial charge in [0, 0.05) is 18.6 Å². The standard InChI is InChI=1S/C12H23N/c1-4-11-8-12(6-5-7-12)9-13(11)10(2)3/h10-11H,4-9H2,1-3H3. The van der Waals surface area contributed by atoms with E-state index in [2.05, 4.69) is 25.7 Å². The highest BCUT2D eigenvalue weighted by Crippen LogP contribution is 2.51. The van der Waals surface area contributed by atoms with Crippen LogP contribution in [0.2, 0.25) is 0 Å². The third-order valence-corrected chi connectivity index (χ3v) is 4.20. The van der Waals surface area contributed by atoms with Crippen LogP contribution in [-0.2, 0) is 0 Å². The Kier molecular flexibility index (Phi) is 2.39. The average molecular weight is 181 g/mol. The van der Waals surface area contributed by atoms with E-state index >= 15 is 0 Å². The van der Waals surface area contributed by atoms with Gasteiger partial charge in [-0.15, -0.1) is 0 Å². The lowest BCUT2D eigenvalue weighted by molar-refractivity contribution is 0.127. The molecule has 2 fully saturated rings. The van der Waals surface area contributed by atoms with Gasteiger partial charge in [0.15, 0.2) is 0 Å². The van der Waals surface area contributed by atoms with Crippen LogP contribution >= 0.6 is 0 Å². The van der Waals surface area contributed by atoms with Crippen LogP contribution in [0.1, 0.15) is 52.9 Å². The highest BCUT2D eigenvalue weighted by molar-refractivity contribution is 5.00. The third kappa shape index (κ3) is 1.52. The molecule has 76 valence electrons. The van der Waals surface area contributed by atoms with E-state index in [4.69, 9.17) is 0 Å². The highest BCUT2D eigenvalue weighted by Gasteiger charge is 2.47. The second-order valence-electron chi connectivity index (χ2n) is 5.39. The second-order valence-corrected chi connectivity index (χ2v) is 5.39. The number of likely N-dealkylation sites (tertiary alicyclic amines) is 1. The third-order valence-electron chi connectivity index (χ3n) is 4.20. The molecule has 1 heteroatoms. The molecule has 2 rings (SSSR count). The smallest absolute Gasteiger partial charge is 0.0101 e. The predicted octanol–water partition coefficient (Wildman–Crippen LogP) is 3.05. The van der Waals surface area contributed by atoms with Crippen LogP contribution in [0.4, 0.5) is 0 Å². The molecule has 1 aliphatic carbocycles. The fraction of sp³-hybridized carbons (Fsp3) is 1.00. The summed E-state index contributed by atoms with van der Waals surface area (Å²) in [6, 6.07) is 1.64. The average Bonchev–Trinajstić information content (AvgIpc) is 2.42. The first-order valence-electron chi connectivity index (χ1n) is 5.93. The lowest BCUT2D eigenvalue weighted by Crippen LogP contribution is -2.37. The molecule has 1 saturated heterocycles. The molecular weight excluding hydrogens is 158 g/mol. The molecule has 1 spiro atoms. The Morgan fingerprint density at radius 2 is 2.08 bits per heavy atom. The van der Waals surface area contributed by atoms with Gasteiger partial charge < -0.3 is 0 Å². The molecule has 0 N–H and O–H groups in total. The molecule has 0 aromatic rings. The molecule has 1 atom stereocenters. The van der Waals surface area contributed by atoms with E-state index in [-0.39, 0.29) is 0 Å². The largest absolute Gasteiger partial charge is 0.297 e. The van der Waals surface area contributed by atoms with Crippen LogP contribution < -0.4 is 0 Å². The fourth-order valence-corrected chi connectivity index (χ4v) is 3.22. The van der Waals surface area contributed by atoms with Crippen molar-refractivity contribution in [3.8, 4) is 0 Å². The predicted molar refractivity (Wildman–Crippen MR) is 56.8 cm³/mol. The normalized spacial score (nSPS) is 32.8. The molecule has 1 nitrogen and oxygen atoms in total. The van der Waals surface area contributed by atoms with E-state index in [9.17, 15) is 0 Å². The van der Waals surface area contributed by atoms with Crippen molar-refractivity contribution in [2.75, 3.05) is 6.54 Å². The van der Waals surface area contributed by atoms with Crippen molar-refractivity contribution in [3.05, 3.63) is 0 Å². The van der Waals surface area contributed by atoms with Crippen LogP contribution in [0.3, 0.4) is 0 Å². The summed E-state index contributed by atoms with van der Waals surface area (Å²) in [4.78, 5) is 2.74. The van der Waals surface area contributed by atoms with Crippen molar-refractivity contribution >= 4 is 0 Å². The molecule has 0 aromatic heterocycles. The second kappa shape index (κ2) is 3.27. The van der Waals surface area contributed by atoms with Crippen LogP contribution in [-0.4, -0.2) is 23.5 Å². The topological polar surface area (TPSA) is 3.24 Å². The van der Waals surface area contributed by atoms with Crippen LogP contribution in [0.25, 0.3) is 0 Å². The van der Waals surface area contributed by atoms with Crippen LogP contribution in [0.15, 0.2) is 0 Å². The van der Waals surface area contributed by atoms with E-state index < -0.39 is 0 Å². The van der Waals surface area contributed by atoms with Gasteiger partial charge in [-0.2, -0.15) is 0 Å². The van der Waals surface area contributed by atoms with Crippen molar-refractivity contribution in [2.45, 2.75) is 65.0 Å². The van der Waals surface area contributed by atoms with Gasteiger partial charge in [-0.1, -0.05) is 13.3 Å². The van der Waals surface area contributed by atoms with Crippen molar-refractivity contribution in [2.24, 2.45) is 5.41 Å². The van der Waals surface area contributed by atoms with Gasteiger partial charge in [0.05, 0.1) is 0 Å². The van der Waals surface area contributed by atoms with Crippen molar-refractivity contribution < 1.29 is 0 Å². The van der Waals surface area contributed by atoms with E-state index in [1.165, 1.54) is 38.6 Å². The molecule has 1 saturated carbocycles. The summed E-state index contributed by atoms with van der Waals surface area (Å²) in [5, 5.41) is 0. The first-order chi connectivity index (χ1) is 6.17. The molecule has 1 heterocycles. The molecule has 1 aliphatic heterocycles. The zero-order valence-electron chi connectivity index (χ0n) is 9.34. The van der Waals surface area contributed by atoms with Gasteiger partial charge in [-0.05, 0) is 44.9 Å². The summed E-state index contributed by atoms with van der Waals surface area (Å²) in [7, 11) is 0. The molecule has 1 unspecified atom stereocenters. The first-order valence-corrected chi connectivity index (χ1v) is 5.93. The van der Waals surface area contributed by atoms with Crippen LogP contribution in [0, 0.1) is 5.41 Å². The number of hydrogen-bond acceptors (Lipinski definition) is 1. The van der Waals surface area contributed by atoms with Crippen molar-refractivity contribution in [1.29, 1.82) is 0 Å². The summed E-state index contributed by atoms with van der Waals surface area (Å²) < 4.78 is 0. The molecule has 0 radical (unpaired) electrons. The maximum Gasteiger partial charge on any atom is 0.0101 e. The number of hydrogen-bond donors (Lipinski definition) is 0. The SMILES string of the molecule is CCC1CC2(CCC2)CN1C(C)C. The van der Waals surface area contributed by atoms with E-state index in [0.717, 1.165) is 17.5 Å². The Bertz CT molecular complexity index is 182. The maximum absolute atomic E-state index is 2.74. The van der Waals surface area contributed by atoms with Crippen LogP contribution in [0.5, 0.6) is 0 Å². The lowest BCUT2D eigenvalue weighted by atomic mass is 9.67. The first kappa shape index (κ1) is 9.51. The fourth-order valence-electron chi connectivity index (χ4n) is 3.22. The van der Waals surface area contributed by atoms with Crippen molar-refractivity contribution in [1.82, 2.24) is 4.90 Å². The van der Waals surface area contributed by atoms with Gasteiger partial charge in [0.1, 0.15) is 0 Å². The number of rotatable bonds is 2. The van der Waals surface area contributed by atoms with E-state index in [0.29, 0.717) is 0 Å². The number of nitrogens with zero attached hydrogens (tertiary/aromatic N) is 1. The Morgan fingerprint density at radius 3 is 2.38 bits per heavy atom. The minimum atomic E-state index is 0.755. The molecule has 13 heavy (non-hydrogen) atoms. The minimum Gasteiger partial charge on any atom is -0.297 e. The molecule has 0 aromatic carbocycles. The van der Waals surface area contributed by atoms with Gasteiger partial charge in [0.2, 0.25) is 0 Å². The molecule has 0 amide bonds. The quantitative estimate of drug-likeness (QED) is 0.633. The van der Waals surface area contributed by atoms with Gasteiger partial charge in [-0.25, -0.2) is 0 Å². The Labute approximate surface area is 82.5 Å². The Hall–Kier alpha value is -0.0400.